The van der Waals surface area contributed by atoms with Crippen molar-refractivity contribution in [3.8, 4) is 28.5 Å². The second kappa shape index (κ2) is 9.45. The van der Waals surface area contributed by atoms with E-state index in [-0.39, 0.29) is 11.7 Å². The maximum atomic E-state index is 13.4. The quantitative estimate of drug-likeness (QED) is 0.369. The summed E-state index contributed by atoms with van der Waals surface area (Å²) < 4.78 is 5.08. The van der Waals surface area contributed by atoms with Crippen LogP contribution in [0, 0.1) is 0 Å². The summed E-state index contributed by atoms with van der Waals surface area (Å²) in [6.45, 7) is 6.48. The molecule has 11 heteroatoms. The molecule has 11 nitrogen and oxygen atoms in total. The standard InChI is InChI=1S/C24H26N10O/c1-4-7-19-14-33(23-26-15-27-34(23)16(2)3)24(35)32(19)13-18-11-10-17(12-25-18)20-8-5-6-9-21(20)22-28-30-31-29-22/h5-6,8-12,14-16H,4,7,13H2,1-3H3,(H,28,29,30,31). The van der Waals surface area contributed by atoms with Gasteiger partial charge in [-0.1, -0.05) is 43.7 Å². The first-order valence-corrected chi connectivity index (χ1v) is 11.6. The Balaban J connectivity index is 1.47. The van der Waals surface area contributed by atoms with Crippen LogP contribution in [0.4, 0.5) is 0 Å². The van der Waals surface area contributed by atoms with Crippen LogP contribution < -0.4 is 5.69 Å². The van der Waals surface area contributed by atoms with E-state index >= 15 is 0 Å². The summed E-state index contributed by atoms with van der Waals surface area (Å²) in [6, 6.07) is 11.9. The minimum absolute atomic E-state index is 0.0851. The van der Waals surface area contributed by atoms with Crippen molar-refractivity contribution in [3.05, 3.63) is 77.0 Å². The summed E-state index contributed by atoms with van der Waals surface area (Å²) in [5.74, 6) is 1.04. The van der Waals surface area contributed by atoms with E-state index in [9.17, 15) is 4.79 Å². The van der Waals surface area contributed by atoms with Crippen LogP contribution in [0.1, 0.15) is 44.6 Å². The molecule has 35 heavy (non-hydrogen) atoms. The van der Waals surface area contributed by atoms with Gasteiger partial charge in [-0.15, -0.1) is 10.2 Å². The highest BCUT2D eigenvalue weighted by atomic mass is 16.2. The second-order valence-electron chi connectivity index (χ2n) is 8.53. The zero-order valence-electron chi connectivity index (χ0n) is 19.8. The Labute approximate surface area is 201 Å². The summed E-state index contributed by atoms with van der Waals surface area (Å²) in [5, 5.41) is 18.6. The van der Waals surface area contributed by atoms with Crippen LogP contribution >= 0.6 is 0 Å². The number of nitrogens with one attached hydrogen (secondary N) is 1. The molecule has 0 aliphatic carbocycles. The van der Waals surface area contributed by atoms with Gasteiger partial charge in [0.2, 0.25) is 11.8 Å². The van der Waals surface area contributed by atoms with Gasteiger partial charge in [-0.3, -0.25) is 9.55 Å². The lowest BCUT2D eigenvalue weighted by Crippen LogP contribution is -2.27. The highest BCUT2D eigenvalue weighted by Gasteiger charge is 2.18. The fourth-order valence-corrected chi connectivity index (χ4v) is 4.12. The third kappa shape index (κ3) is 4.27. The zero-order valence-corrected chi connectivity index (χ0v) is 19.8. The van der Waals surface area contributed by atoms with Crippen molar-refractivity contribution in [2.24, 2.45) is 0 Å². The Morgan fingerprint density at radius 2 is 1.89 bits per heavy atom. The number of aromatic amines is 1. The maximum absolute atomic E-state index is 13.4. The van der Waals surface area contributed by atoms with Crippen molar-refractivity contribution < 1.29 is 0 Å². The topological polar surface area (TPSA) is 125 Å². The summed E-state index contributed by atoms with van der Waals surface area (Å²) in [4.78, 5) is 22.4. The van der Waals surface area contributed by atoms with Crippen molar-refractivity contribution in [3.63, 3.8) is 0 Å². The molecular formula is C24H26N10O. The van der Waals surface area contributed by atoms with Gasteiger partial charge in [0, 0.05) is 29.2 Å². The summed E-state index contributed by atoms with van der Waals surface area (Å²) >= 11 is 0. The van der Waals surface area contributed by atoms with Gasteiger partial charge in [-0.25, -0.2) is 14.0 Å². The molecule has 4 aromatic heterocycles. The predicted octanol–water partition coefficient (Wildman–Crippen LogP) is 3.05. The van der Waals surface area contributed by atoms with Crippen LogP contribution in [-0.4, -0.2) is 49.5 Å². The van der Waals surface area contributed by atoms with Gasteiger partial charge in [-0.05, 0) is 37.1 Å². The molecule has 1 N–H and O–H groups in total. The molecule has 0 amide bonds. The predicted molar refractivity (Wildman–Crippen MR) is 130 cm³/mol. The first-order valence-electron chi connectivity index (χ1n) is 11.6. The van der Waals surface area contributed by atoms with Crippen LogP contribution in [-0.2, 0) is 13.0 Å². The molecule has 5 aromatic rings. The lowest BCUT2D eigenvalue weighted by Gasteiger charge is -2.09. The van der Waals surface area contributed by atoms with Crippen molar-refractivity contribution in [2.75, 3.05) is 0 Å². The van der Waals surface area contributed by atoms with Gasteiger partial charge < -0.3 is 0 Å². The van der Waals surface area contributed by atoms with Crippen LogP contribution in [0.15, 0.2) is 59.9 Å². The van der Waals surface area contributed by atoms with Crippen LogP contribution in [0.5, 0.6) is 0 Å². The largest absolute Gasteiger partial charge is 0.335 e. The Hall–Kier alpha value is -4.41. The summed E-state index contributed by atoms with van der Waals surface area (Å²) in [5.41, 5.74) is 4.31. The smallest absolute Gasteiger partial charge is 0.290 e. The Morgan fingerprint density at radius 3 is 2.57 bits per heavy atom. The van der Waals surface area contributed by atoms with Gasteiger partial charge in [0.05, 0.1) is 18.3 Å². The molecular weight excluding hydrogens is 444 g/mol. The van der Waals surface area contributed by atoms with Crippen molar-refractivity contribution in [1.82, 2.24) is 49.5 Å². The number of nitrogens with zero attached hydrogens (tertiary/aromatic N) is 9. The number of hydrogen-bond donors (Lipinski definition) is 1. The van der Waals surface area contributed by atoms with Gasteiger partial charge >= 0.3 is 5.69 Å². The molecule has 0 aliphatic rings. The maximum Gasteiger partial charge on any atom is 0.335 e. The molecule has 0 saturated carbocycles. The fraction of sp³-hybridized carbons (Fsp3) is 0.292. The molecule has 0 saturated heterocycles. The molecule has 0 fully saturated rings. The number of pyridine rings is 1. The van der Waals surface area contributed by atoms with E-state index < -0.39 is 0 Å². The molecule has 0 unspecified atom stereocenters. The Morgan fingerprint density at radius 1 is 1.06 bits per heavy atom. The molecule has 0 radical (unpaired) electrons. The first-order chi connectivity index (χ1) is 17.1. The minimum atomic E-state index is -0.156. The molecule has 178 valence electrons. The monoisotopic (exact) mass is 470 g/mol. The molecule has 0 atom stereocenters. The number of imidazole rings is 1. The average molecular weight is 471 g/mol. The zero-order chi connectivity index (χ0) is 24.4. The SMILES string of the molecule is CCCc1cn(-c2ncnn2C(C)C)c(=O)n1Cc1ccc(-c2ccccc2-c2nn[nH]n2)cn1. The number of rotatable bonds is 8. The van der Waals surface area contributed by atoms with E-state index in [2.05, 4.69) is 42.6 Å². The van der Waals surface area contributed by atoms with Crippen molar-refractivity contribution >= 4 is 0 Å². The second-order valence-corrected chi connectivity index (χ2v) is 8.53. The highest BCUT2D eigenvalue weighted by Crippen LogP contribution is 2.29. The van der Waals surface area contributed by atoms with Crippen LogP contribution in [0.25, 0.3) is 28.5 Å². The van der Waals surface area contributed by atoms with E-state index in [0.29, 0.717) is 18.3 Å². The average Bonchev–Trinajstić information content (AvgIpc) is 3.62. The normalized spacial score (nSPS) is 11.4. The van der Waals surface area contributed by atoms with Crippen molar-refractivity contribution in [2.45, 2.75) is 46.2 Å². The van der Waals surface area contributed by atoms with E-state index in [1.807, 2.05) is 62.6 Å². The molecule has 0 bridgehead atoms. The van der Waals surface area contributed by atoms with E-state index in [1.54, 1.807) is 13.8 Å². The molecule has 4 heterocycles. The minimum Gasteiger partial charge on any atom is -0.290 e. The van der Waals surface area contributed by atoms with Gasteiger partial charge in [0.1, 0.15) is 6.33 Å². The first kappa shape index (κ1) is 22.4. The van der Waals surface area contributed by atoms with E-state index in [1.165, 1.54) is 6.33 Å². The summed E-state index contributed by atoms with van der Waals surface area (Å²) in [7, 11) is 0. The summed E-state index contributed by atoms with van der Waals surface area (Å²) in [6.07, 6.45) is 6.84. The molecule has 5 rings (SSSR count). The Kier molecular flexibility index (Phi) is 6.04. The highest BCUT2D eigenvalue weighted by molar-refractivity contribution is 5.79. The number of H-pyrrole nitrogens is 1. The lowest BCUT2D eigenvalue weighted by atomic mass is 10.0. The van der Waals surface area contributed by atoms with Gasteiger partial charge in [0.15, 0.2) is 0 Å². The van der Waals surface area contributed by atoms with E-state index in [4.69, 9.17) is 0 Å². The fourth-order valence-electron chi connectivity index (χ4n) is 4.12. The number of benzene rings is 1. The third-order valence-electron chi connectivity index (χ3n) is 5.80. The Bertz CT molecular complexity index is 1480. The lowest BCUT2D eigenvalue weighted by molar-refractivity contribution is 0.515. The molecule has 1 aromatic carbocycles. The molecule has 0 aliphatic heterocycles. The number of hydrogen-bond acceptors (Lipinski definition) is 7. The number of tetrazole rings is 1. The number of aromatic nitrogens is 10. The third-order valence-corrected chi connectivity index (χ3v) is 5.80. The van der Waals surface area contributed by atoms with Gasteiger partial charge in [-0.2, -0.15) is 15.3 Å². The molecule has 0 spiro atoms. The van der Waals surface area contributed by atoms with E-state index in [0.717, 1.165) is 40.9 Å². The van der Waals surface area contributed by atoms with Crippen molar-refractivity contribution in [1.29, 1.82) is 0 Å². The number of aryl methyl sites for hydroxylation is 1. The van der Waals surface area contributed by atoms with Gasteiger partial charge in [0.25, 0.3) is 0 Å². The van der Waals surface area contributed by atoms with Crippen LogP contribution in [0.2, 0.25) is 0 Å². The van der Waals surface area contributed by atoms with Crippen LogP contribution in [0.3, 0.4) is 0 Å².